The number of carbonyl (C=O) groups is 2. The molecule has 0 bridgehead atoms. The zero-order chi connectivity index (χ0) is 16.1. The van der Waals surface area contributed by atoms with Crippen LogP contribution in [0.3, 0.4) is 0 Å². The van der Waals surface area contributed by atoms with Crippen molar-refractivity contribution in [2.24, 2.45) is 17.6 Å². The predicted octanol–water partition coefficient (Wildman–Crippen LogP) is 2.03. The van der Waals surface area contributed by atoms with Gasteiger partial charge >= 0.3 is 0 Å². The standard InChI is InChI=1S/C17H31N3O2.ClH/c1-13(2)11-15(18)17(22)20-9-5-14(6-10-20)12-16(21)19-7-3-4-8-19;/h13-15H,3-12,18H2,1-2H3;1H/t15-;/m0./s1. The molecule has 6 heteroatoms. The summed E-state index contributed by atoms with van der Waals surface area (Å²) in [5.41, 5.74) is 6.00. The normalized spacial score (nSPS) is 20.5. The number of nitrogens with zero attached hydrogens (tertiary/aromatic N) is 2. The van der Waals surface area contributed by atoms with Gasteiger partial charge in [0.1, 0.15) is 0 Å². The zero-order valence-electron chi connectivity index (χ0n) is 14.5. The van der Waals surface area contributed by atoms with Crippen molar-refractivity contribution in [3.63, 3.8) is 0 Å². The van der Waals surface area contributed by atoms with Gasteiger partial charge in [0.25, 0.3) is 0 Å². The summed E-state index contributed by atoms with van der Waals surface area (Å²) in [6.45, 7) is 7.54. The Morgan fingerprint density at radius 2 is 1.61 bits per heavy atom. The fourth-order valence-corrected chi connectivity index (χ4v) is 3.54. The highest BCUT2D eigenvalue weighted by atomic mass is 35.5. The minimum atomic E-state index is -0.372. The smallest absolute Gasteiger partial charge is 0.239 e. The summed E-state index contributed by atoms with van der Waals surface area (Å²) in [6, 6.07) is -0.372. The van der Waals surface area contributed by atoms with Crippen LogP contribution in [0.2, 0.25) is 0 Å². The Bertz CT molecular complexity index is 389. The fourth-order valence-electron chi connectivity index (χ4n) is 3.54. The highest BCUT2D eigenvalue weighted by molar-refractivity contribution is 5.85. The minimum Gasteiger partial charge on any atom is -0.343 e. The van der Waals surface area contributed by atoms with E-state index < -0.39 is 0 Å². The quantitative estimate of drug-likeness (QED) is 0.829. The molecule has 2 heterocycles. The van der Waals surface area contributed by atoms with Crippen LogP contribution in [-0.2, 0) is 9.59 Å². The third kappa shape index (κ3) is 5.96. The van der Waals surface area contributed by atoms with Crippen LogP contribution < -0.4 is 5.73 Å². The molecular weight excluding hydrogens is 314 g/mol. The lowest BCUT2D eigenvalue weighted by Crippen LogP contribution is -2.48. The van der Waals surface area contributed by atoms with Crippen LogP contribution in [-0.4, -0.2) is 53.8 Å². The molecule has 2 aliphatic heterocycles. The molecular formula is C17H32ClN3O2. The molecule has 134 valence electrons. The van der Waals surface area contributed by atoms with E-state index >= 15 is 0 Å². The Balaban J connectivity index is 0.00000264. The summed E-state index contributed by atoms with van der Waals surface area (Å²) in [4.78, 5) is 28.4. The molecule has 2 amide bonds. The molecule has 0 saturated carbocycles. The van der Waals surface area contributed by atoms with Crippen molar-refractivity contribution in [1.29, 1.82) is 0 Å². The Morgan fingerprint density at radius 3 is 2.13 bits per heavy atom. The largest absolute Gasteiger partial charge is 0.343 e. The second kappa shape index (κ2) is 9.48. The average Bonchev–Trinajstić information content (AvgIpc) is 3.01. The van der Waals surface area contributed by atoms with E-state index in [0.29, 0.717) is 24.2 Å². The number of amides is 2. The average molecular weight is 346 g/mol. The van der Waals surface area contributed by atoms with Crippen LogP contribution in [0, 0.1) is 11.8 Å². The van der Waals surface area contributed by atoms with Gasteiger partial charge in [-0.2, -0.15) is 0 Å². The number of rotatable bonds is 5. The topological polar surface area (TPSA) is 66.6 Å². The van der Waals surface area contributed by atoms with Gasteiger partial charge in [0.05, 0.1) is 6.04 Å². The number of halogens is 1. The molecule has 0 aromatic heterocycles. The molecule has 2 saturated heterocycles. The molecule has 0 aromatic carbocycles. The van der Waals surface area contributed by atoms with Crippen molar-refractivity contribution in [3.05, 3.63) is 0 Å². The zero-order valence-corrected chi connectivity index (χ0v) is 15.3. The van der Waals surface area contributed by atoms with Crippen LogP contribution in [0.5, 0.6) is 0 Å². The van der Waals surface area contributed by atoms with Crippen molar-refractivity contribution in [1.82, 2.24) is 9.80 Å². The predicted molar refractivity (Wildman–Crippen MR) is 94.4 cm³/mol. The summed E-state index contributed by atoms with van der Waals surface area (Å²) in [5.74, 6) is 1.25. The SMILES string of the molecule is CC(C)C[C@H](N)C(=O)N1CCC(CC(=O)N2CCCC2)CC1.Cl. The number of hydrogen-bond donors (Lipinski definition) is 1. The molecule has 2 N–H and O–H groups in total. The van der Waals surface area contributed by atoms with E-state index in [4.69, 9.17) is 5.73 Å². The number of piperidine rings is 1. The minimum absolute atomic E-state index is 0. The van der Waals surface area contributed by atoms with Crippen LogP contribution in [0.15, 0.2) is 0 Å². The highest BCUT2D eigenvalue weighted by Gasteiger charge is 2.29. The molecule has 1 atom stereocenters. The third-order valence-corrected chi connectivity index (χ3v) is 4.89. The maximum absolute atomic E-state index is 12.3. The van der Waals surface area contributed by atoms with Crippen LogP contribution >= 0.6 is 12.4 Å². The molecule has 23 heavy (non-hydrogen) atoms. The van der Waals surface area contributed by atoms with E-state index in [1.165, 1.54) is 0 Å². The lowest BCUT2D eigenvalue weighted by atomic mass is 9.92. The molecule has 0 aromatic rings. The van der Waals surface area contributed by atoms with Crippen molar-refractivity contribution in [3.8, 4) is 0 Å². The first-order valence-corrected chi connectivity index (χ1v) is 8.79. The van der Waals surface area contributed by atoms with Crippen LogP contribution in [0.25, 0.3) is 0 Å². The van der Waals surface area contributed by atoms with Gasteiger partial charge in [-0.1, -0.05) is 13.8 Å². The number of carbonyl (C=O) groups excluding carboxylic acids is 2. The molecule has 5 nitrogen and oxygen atoms in total. The lowest BCUT2D eigenvalue weighted by Gasteiger charge is -2.34. The first-order valence-electron chi connectivity index (χ1n) is 8.79. The van der Waals surface area contributed by atoms with Gasteiger partial charge in [-0.25, -0.2) is 0 Å². The van der Waals surface area contributed by atoms with Gasteiger partial charge in [-0.05, 0) is 43.9 Å². The van der Waals surface area contributed by atoms with Gasteiger partial charge in [-0.15, -0.1) is 12.4 Å². The number of nitrogens with two attached hydrogens (primary N) is 1. The number of likely N-dealkylation sites (tertiary alicyclic amines) is 2. The third-order valence-electron chi connectivity index (χ3n) is 4.89. The first kappa shape index (κ1) is 20.2. The van der Waals surface area contributed by atoms with Gasteiger partial charge in [-0.3, -0.25) is 9.59 Å². The number of hydrogen-bond acceptors (Lipinski definition) is 3. The monoisotopic (exact) mass is 345 g/mol. The fraction of sp³-hybridized carbons (Fsp3) is 0.882. The van der Waals surface area contributed by atoms with E-state index in [9.17, 15) is 9.59 Å². The summed E-state index contributed by atoms with van der Waals surface area (Å²) in [5, 5.41) is 0. The van der Waals surface area contributed by atoms with Gasteiger partial charge in [0, 0.05) is 32.6 Å². The summed E-state index contributed by atoms with van der Waals surface area (Å²) in [6.07, 6.45) is 5.55. The van der Waals surface area contributed by atoms with Gasteiger partial charge < -0.3 is 15.5 Å². The van der Waals surface area contributed by atoms with E-state index in [-0.39, 0.29) is 24.4 Å². The van der Waals surface area contributed by atoms with Gasteiger partial charge in [0.2, 0.25) is 11.8 Å². The Hall–Kier alpha value is -0.810. The maximum atomic E-state index is 12.3. The Labute approximate surface area is 146 Å². The maximum Gasteiger partial charge on any atom is 0.239 e. The highest BCUT2D eigenvalue weighted by Crippen LogP contribution is 2.23. The molecule has 0 spiro atoms. The van der Waals surface area contributed by atoms with Crippen LogP contribution in [0.4, 0.5) is 0 Å². The summed E-state index contributed by atoms with van der Waals surface area (Å²) < 4.78 is 0. The van der Waals surface area contributed by atoms with E-state index in [1.54, 1.807) is 0 Å². The molecule has 0 aliphatic carbocycles. The van der Waals surface area contributed by atoms with E-state index in [2.05, 4.69) is 13.8 Å². The summed E-state index contributed by atoms with van der Waals surface area (Å²) in [7, 11) is 0. The molecule has 2 aliphatic rings. The molecule has 0 radical (unpaired) electrons. The molecule has 2 rings (SSSR count). The van der Waals surface area contributed by atoms with E-state index in [1.807, 2.05) is 9.80 Å². The summed E-state index contributed by atoms with van der Waals surface area (Å²) >= 11 is 0. The van der Waals surface area contributed by atoms with Crippen molar-refractivity contribution in [2.45, 2.75) is 58.4 Å². The van der Waals surface area contributed by atoms with Crippen molar-refractivity contribution < 1.29 is 9.59 Å². The Kier molecular flexibility index (Phi) is 8.34. The van der Waals surface area contributed by atoms with E-state index in [0.717, 1.165) is 58.3 Å². The Morgan fingerprint density at radius 1 is 1.04 bits per heavy atom. The van der Waals surface area contributed by atoms with Gasteiger partial charge in [0.15, 0.2) is 0 Å². The second-order valence-electron chi connectivity index (χ2n) is 7.30. The first-order chi connectivity index (χ1) is 10.5. The lowest BCUT2D eigenvalue weighted by molar-refractivity contribution is -0.135. The van der Waals surface area contributed by atoms with Crippen molar-refractivity contribution >= 4 is 24.2 Å². The van der Waals surface area contributed by atoms with Crippen molar-refractivity contribution in [2.75, 3.05) is 26.2 Å². The van der Waals surface area contributed by atoms with Crippen LogP contribution in [0.1, 0.15) is 52.4 Å². The molecule has 2 fully saturated rings. The second-order valence-corrected chi connectivity index (χ2v) is 7.30. The molecule has 0 unspecified atom stereocenters.